The van der Waals surface area contributed by atoms with Crippen molar-refractivity contribution in [2.45, 2.75) is 13.8 Å². The Balaban J connectivity index is 0.000000293. The van der Waals surface area contributed by atoms with Crippen LogP contribution in [0.4, 0.5) is 4.79 Å². The average molecular weight is 340 g/mol. The van der Waals surface area contributed by atoms with Gasteiger partial charge in [-0.3, -0.25) is 0 Å². The third-order valence-electron chi connectivity index (χ3n) is 2.98. The summed E-state index contributed by atoms with van der Waals surface area (Å²) < 4.78 is 9.85. The number of hydrogen-bond donors (Lipinski definition) is 1. The molecule has 2 rings (SSSR count). The SMILES string of the molecule is C=Cc1ccc(O)cc1.C=Cc1ccc(OC(=O)OCC(C)C)cc1. The van der Waals surface area contributed by atoms with Crippen molar-refractivity contribution in [3.05, 3.63) is 72.8 Å². The van der Waals surface area contributed by atoms with E-state index in [1.54, 1.807) is 36.4 Å². The first-order chi connectivity index (χ1) is 11.9. The Morgan fingerprint density at radius 2 is 1.48 bits per heavy atom. The number of phenolic OH excluding ortho intramolecular Hbond substituents is 1. The predicted molar refractivity (Wildman–Crippen MR) is 102 cm³/mol. The van der Waals surface area contributed by atoms with E-state index in [0.29, 0.717) is 24.0 Å². The fourth-order valence-electron chi connectivity index (χ4n) is 1.64. The first kappa shape index (κ1) is 20.0. The molecule has 0 aliphatic rings. The molecule has 0 saturated heterocycles. The van der Waals surface area contributed by atoms with E-state index >= 15 is 0 Å². The van der Waals surface area contributed by atoms with Gasteiger partial charge in [0.15, 0.2) is 0 Å². The van der Waals surface area contributed by atoms with Gasteiger partial charge in [0.2, 0.25) is 0 Å². The Kier molecular flexibility index (Phi) is 8.58. The molecular weight excluding hydrogens is 316 g/mol. The second kappa shape index (κ2) is 10.7. The van der Waals surface area contributed by atoms with Crippen LogP contribution in [0.1, 0.15) is 25.0 Å². The zero-order valence-corrected chi connectivity index (χ0v) is 14.6. The van der Waals surface area contributed by atoms with Crippen LogP contribution >= 0.6 is 0 Å². The number of carbonyl (C=O) groups is 1. The average Bonchev–Trinajstić information content (AvgIpc) is 2.62. The zero-order valence-electron chi connectivity index (χ0n) is 14.6. The highest BCUT2D eigenvalue weighted by Crippen LogP contribution is 2.13. The van der Waals surface area contributed by atoms with Gasteiger partial charge in [0.05, 0.1) is 6.61 Å². The molecule has 0 spiro atoms. The lowest BCUT2D eigenvalue weighted by Crippen LogP contribution is -2.14. The maximum Gasteiger partial charge on any atom is 0.513 e. The van der Waals surface area contributed by atoms with Crippen molar-refractivity contribution in [1.82, 2.24) is 0 Å². The Morgan fingerprint density at radius 1 is 1.00 bits per heavy atom. The highest BCUT2D eigenvalue weighted by Gasteiger charge is 2.06. The Bertz CT molecular complexity index is 670. The van der Waals surface area contributed by atoms with E-state index in [4.69, 9.17) is 14.6 Å². The molecule has 0 bridgehead atoms. The molecule has 0 aliphatic carbocycles. The molecule has 0 saturated carbocycles. The van der Waals surface area contributed by atoms with Crippen LogP contribution in [0.2, 0.25) is 0 Å². The van der Waals surface area contributed by atoms with Crippen molar-refractivity contribution in [2.75, 3.05) is 6.61 Å². The molecule has 0 radical (unpaired) electrons. The van der Waals surface area contributed by atoms with E-state index < -0.39 is 6.16 Å². The van der Waals surface area contributed by atoms with Crippen molar-refractivity contribution >= 4 is 18.3 Å². The first-order valence-corrected chi connectivity index (χ1v) is 7.93. The molecule has 25 heavy (non-hydrogen) atoms. The lowest BCUT2D eigenvalue weighted by Gasteiger charge is -2.07. The van der Waals surface area contributed by atoms with Crippen molar-refractivity contribution in [1.29, 1.82) is 0 Å². The molecule has 0 aliphatic heterocycles. The summed E-state index contributed by atoms with van der Waals surface area (Å²) >= 11 is 0. The molecule has 0 heterocycles. The van der Waals surface area contributed by atoms with Gasteiger partial charge in [0.25, 0.3) is 0 Å². The van der Waals surface area contributed by atoms with Crippen molar-refractivity contribution < 1.29 is 19.4 Å². The Morgan fingerprint density at radius 3 is 1.92 bits per heavy atom. The standard InChI is InChI=1S/C13H16O3.C8H8O/c1-4-11-5-7-12(8-6-11)16-13(14)15-9-10(2)3;1-2-7-3-5-8(9)6-4-7/h4-8,10H,1,9H2,2-3H3;2-6,9H,1H2. The zero-order chi connectivity index (χ0) is 18.7. The van der Waals surface area contributed by atoms with Crippen LogP contribution < -0.4 is 4.74 Å². The largest absolute Gasteiger partial charge is 0.513 e. The molecule has 0 aromatic heterocycles. The van der Waals surface area contributed by atoms with Gasteiger partial charge in [-0.2, -0.15) is 0 Å². The summed E-state index contributed by atoms with van der Waals surface area (Å²) in [6.45, 7) is 11.5. The minimum atomic E-state index is -0.667. The van der Waals surface area contributed by atoms with Crippen molar-refractivity contribution in [3.63, 3.8) is 0 Å². The summed E-state index contributed by atoms with van der Waals surface area (Å²) in [6, 6.07) is 13.9. The van der Waals surface area contributed by atoms with Crippen LogP contribution in [0.5, 0.6) is 11.5 Å². The monoisotopic (exact) mass is 340 g/mol. The number of aromatic hydroxyl groups is 1. The fraction of sp³-hybridized carbons (Fsp3) is 0.190. The predicted octanol–water partition coefficient (Wildman–Crippen LogP) is 5.54. The normalized spacial score (nSPS) is 9.56. The third-order valence-corrected chi connectivity index (χ3v) is 2.98. The second-order valence-corrected chi connectivity index (χ2v) is 5.63. The van der Waals surface area contributed by atoms with Gasteiger partial charge in [-0.15, -0.1) is 0 Å². The molecule has 2 aromatic carbocycles. The highest BCUT2D eigenvalue weighted by molar-refractivity contribution is 5.64. The Labute approximate surface area is 149 Å². The van der Waals surface area contributed by atoms with Crippen LogP contribution in [-0.2, 0) is 4.74 Å². The van der Waals surface area contributed by atoms with Crippen molar-refractivity contribution in [3.8, 4) is 11.5 Å². The summed E-state index contributed by atoms with van der Waals surface area (Å²) in [4.78, 5) is 11.2. The van der Waals surface area contributed by atoms with E-state index in [-0.39, 0.29) is 0 Å². The van der Waals surface area contributed by atoms with Crippen molar-refractivity contribution in [2.24, 2.45) is 5.92 Å². The summed E-state index contributed by atoms with van der Waals surface area (Å²) in [5.41, 5.74) is 2.00. The third kappa shape index (κ3) is 8.42. The van der Waals surface area contributed by atoms with E-state index in [2.05, 4.69) is 13.2 Å². The summed E-state index contributed by atoms with van der Waals surface area (Å²) in [7, 11) is 0. The summed E-state index contributed by atoms with van der Waals surface area (Å²) in [5, 5.41) is 8.82. The van der Waals surface area contributed by atoms with Crippen LogP contribution in [0.25, 0.3) is 12.2 Å². The van der Waals surface area contributed by atoms with Crippen LogP contribution in [-0.4, -0.2) is 17.9 Å². The molecule has 0 atom stereocenters. The second-order valence-electron chi connectivity index (χ2n) is 5.63. The van der Waals surface area contributed by atoms with Gasteiger partial charge >= 0.3 is 6.16 Å². The molecule has 132 valence electrons. The highest BCUT2D eigenvalue weighted by atomic mass is 16.7. The van der Waals surface area contributed by atoms with Gasteiger partial charge in [0, 0.05) is 0 Å². The number of benzene rings is 2. The number of hydrogen-bond acceptors (Lipinski definition) is 4. The molecule has 0 unspecified atom stereocenters. The molecular formula is C21H24O4. The fourth-order valence-corrected chi connectivity index (χ4v) is 1.64. The molecule has 4 nitrogen and oxygen atoms in total. The van der Waals surface area contributed by atoms with E-state index in [0.717, 1.165) is 11.1 Å². The molecule has 4 heteroatoms. The van der Waals surface area contributed by atoms with Gasteiger partial charge in [-0.05, 0) is 41.3 Å². The van der Waals surface area contributed by atoms with E-state index in [1.165, 1.54) is 0 Å². The van der Waals surface area contributed by atoms with Gasteiger partial charge in [-0.25, -0.2) is 4.79 Å². The topological polar surface area (TPSA) is 55.8 Å². The summed E-state index contributed by atoms with van der Waals surface area (Å²) in [5.74, 6) is 1.07. The van der Waals surface area contributed by atoms with Gasteiger partial charge in [0.1, 0.15) is 11.5 Å². The minimum Gasteiger partial charge on any atom is -0.508 e. The van der Waals surface area contributed by atoms with Crippen LogP contribution in [0, 0.1) is 5.92 Å². The van der Waals surface area contributed by atoms with E-state index in [9.17, 15) is 4.79 Å². The van der Waals surface area contributed by atoms with Crippen LogP contribution in [0.15, 0.2) is 61.7 Å². The maximum atomic E-state index is 11.2. The number of carbonyl (C=O) groups excluding carboxylic acids is 1. The first-order valence-electron chi connectivity index (χ1n) is 7.93. The smallest absolute Gasteiger partial charge is 0.508 e. The van der Waals surface area contributed by atoms with Gasteiger partial charge < -0.3 is 14.6 Å². The molecule has 1 N–H and O–H groups in total. The number of rotatable bonds is 5. The van der Waals surface area contributed by atoms with Crippen LogP contribution in [0.3, 0.4) is 0 Å². The summed E-state index contributed by atoms with van der Waals surface area (Å²) in [6.07, 6.45) is 2.79. The Hall–Kier alpha value is -3.01. The van der Waals surface area contributed by atoms with Gasteiger partial charge in [-0.1, -0.05) is 63.4 Å². The molecule has 2 aromatic rings. The van der Waals surface area contributed by atoms with E-state index in [1.807, 2.05) is 38.1 Å². The quantitative estimate of drug-likeness (QED) is 0.574. The molecule has 0 fully saturated rings. The number of phenols is 1. The maximum absolute atomic E-state index is 11.2. The lowest BCUT2D eigenvalue weighted by atomic mass is 10.2. The lowest BCUT2D eigenvalue weighted by molar-refractivity contribution is 0.0885. The minimum absolute atomic E-state index is 0.292. The number of ether oxygens (including phenoxy) is 2. The molecule has 0 amide bonds.